The molecule has 0 aliphatic carbocycles. The number of sulfone groups is 1. The Morgan fingerprint density at radius 3 is 2.06 bits per heavy atom. The molecule has 0 saturated carbocycles. The van der Waals surface area contributed by atoms with E-state index < -0.39 is 9.84 Å². The lowest BCUT2D eigenvalue weighted by molar-refractivity contribution is 0.0922. The zero-order chi connectivity index (χ0) is 12.4. The Morgan fingerprint density at radius 1 is 1.19 bits per heavy atom. The average Bonchev–Trinajstić information content (AvgIpc) is 2.16. The van der Waals surface area contributed by atoms with Gasteiger partial charge in [-0.2, -0.15) is 0 Å². The van der Waals surface area contributed by atoms with Crippen LogP contribution in [0.15, 0.2) is 0 Å². The maximum atomic E-state index is 11.5. The van der Waals surface area contributed by atoms with Gasteiger partial charge in [-0.3, -0.25) is 4.90 Å². The maximum absolute atomic E-state index is 11.5. The van der Waals surface area contributed by atoms with Crippen LogP contribution in [-0.4, -0.2) is 43.5 Å². The Labute approximate surface area is 100 Å². The zero-order valence-electron chi connectivity index (χ0n) is 11.0. The topological polar surface area (TPSA) is 37.4 Å². The minimum absolute atomic E-state index is 0.217. The number of likely N-dealkylation sites (tertiary alicyclic amines) is 1. The highest BCUT2D eigenvalue weighted by Gasteiger charge is 2.28. The summed E-state index contributed by atoms with van der Waals surface area (Å²) in [5.41, 5.74) is 0.217. The van der Waals surface area contributed by atoms with E-state index in [0.29, 0.717) is 11.7 Å². The van der Waals surface area contributed by atoms with E-state index in [1.165, 1.54) is 0 Å². The van der Waals surface area contributed by atoms with Crippen LogP contribution in [0.4, 0.5) is 0 Å². The Morgan fingerprint density at radius 2 is 1.69 bits per heavy atom. The van der Waals surface area contributed by atoms with E-state index in [2.05, 4.69) is 25.7 Å². The standard InChI is InChI=1S/C12H25NO2S/c1-5-16(14,15)10-11-6-8-13(9-7-11)12(2,3)4/h11H,5-10H2,1-4H3. The van der Waals surface area contributed by atoms with E-state index in [1.807, 2.05) is 0 Å². The quantitative estimate of drug-likeness (QED) is 0.765. The van der Waals surface area contributed by atoms with Crippen molar-refractivity contribution in [1.29, 1.82) is 0 Å². The van der Waals surface area contributed by atoms with Crippen LogP contribution in [-0.2, 0) is 9.84 Å². The second kappa shape index (κ2) is 5.05. The predicted molar refractivity (Wildman–Crippen MR) is 68.4 cm³/mol. The summed E-state index contributed by atoms with van der Waals surface area (Å²) in [6.45, 7) is 10.5. The predicted octanol–water partition coefficient (Wildman–Crippen LogP) is 1.93. The van der Waals surface area contributed by atoms with E-state index in [4.69, 9.17) is 0 Å². The van der Waals surface area contributed by atoms with Gasteiger partial charge in [-0.1, -0.05) is 6.92 Å². The first kappa shape index (κ1) is 14.0. The molecule has 16 heavy (non-hydrogen) atoms. The van der Waals surface area contributed by atoms with Crippen molar-refractivity contribution < 1.29 is 8.42 Å². The van der Waals surface area contributed by atoms with Crippen molar-refractivity contribution >= 4 is 9.84 Å². The van der Waals surface area contributed by atoms with Crippen molar-refractivity contribution in [3.63, 3.8) is 0 Å². The van der Waals surface area contributed by atoms with Crippen LogP contribution < -0.4 is 0 Å². The Kier molecular flexibility index (Phi) is 4.41. The van der Waals surface area contributed by atoms with Gasteiger partial charge in [0.05, 0.1) is 5.75 Å². The van der Waals surface area contributed by atoms with Crippen LogP contribution >= 0.6 is 0 Å². The van der Waals surface area contributed by atoms with Crippen molar-refractivity contribution in [1.82, 2.24) is 4.90 Å². The van der Waals surface area contributed by atoms with Crippen molar-refractivity contribution in [3.05, 3.63) is 0 Å². The van der Waals surface area contributed by atoms with E-state index in [0.717, 1.165) is 25.9 Å². The molecule has 0 N–H and O–H groups in total. The summed E-state index contributed by atoms with van der Waals surface area (Å²) in [7, 11) is -2.79. The molecule has 4 heteroatoms. The minimum Gasteiger partial charge on any atom is -0.298 e. The lowest BCUT2D eigenvalue weighted by Crippen LogP contribution is -2.46. The fraction of sp³-hybridized carbons (Fsp3) is 1.00. The highest BCUT2D eigenvalue weighted by Crippen LogP contribution is 2.24. The summed E-state index contributed by atoms with van der Waals surface area (Å²) in [5, 5.41) is 0. The van der Waals surface area contributed by atoms with Gasteiger partial charge in [-0.05, 0) is 52.6 Å². The molecular weight excluding hydrogens is 222 g/mol. The molecule has 1 aliphatic heterocycles. The molecule has 1 rings (SSSR count). The van der Waals surface area contributed by atoms with Gasteiger partial charge < -0.3 is 0 Å². The molecule has 0 aromatic heterocycles. The number of nitrogens with zero attached hydrogens (tertiary/aromatic N) is 1. The fourth-order valence-electron chi connectivity index (χ4n) is 2.25. The third-order valence-corrected chi connectivity index (χ3v) is 5.35. The van der Waals surface area contributed by atoms with Gasteiger partial charge in [0.1, 0.15) is 9.84 Å². The molecule has 0 spiro atoms. The first-order valence-electron chi connectivity index (χ1n) is 6.20. The molecule has 0 bridgehead atoms. The highest BCUT2D eigenvalue weighted by molar-refractivity contribution is 7.91. The molecule has 0 aromatic rings. The van der Waals surface area contributed by atoms with Crippen LogP contribution in [0.2, 0.25) is 0 Å². The minimum atomic E-state index is -2.79. The van der Waals surface area contributed by atoms with Gasteiger partial charge in [0.15, 0.2) is 0 Å². The SMILES string of the molecule is CCS(=O)(=O)CC1CCN(C(C)(C)C)CC1. The van der Waals surface area contributed by atoms with E-state index in [1.54, 1.807) is 6.92 Å². The molecule has 0 radical (unpaired) electrons. The van der Waals surface area contributed by atoms with Crippen LogP contribution in [0.1, 0.15) is 40.5 Å². The van der Waals surface area contributed by atoms with Gasteiger partial charge in [0, 0.05) is 11.3 Å². The molecule has 96 valence electrons. The first-order valence-corrected chi connectivity index (χ1v) is 8.02. The van der Waals surface area contributed by atoms with Gasteiger partial charge >= 0.3 is 0 Å². The van der Waals surface area contributed by atoms with Crippen LogP contribution in [0.5, 0.6) is 0 Å². The van der Waals surface area contributed by atoms with Gasteiger partial charge in [0.2, 0.25) is 0 Å². The van der Waals surface area contributed by atoms with Crippen molar-refractivity contribution in [2.24, 2.45) is 5.92 Å². The third kappa shape index (κ3) is 4.06. The number of rotatable bonds is 3. The van der Waals surface area contributed by atoms with Crippen LogP contribution in [0.25, 0.3) is 0 Å². The molecule has 1 fully saturated rings. The largest absolute Gasteiger partial charge is 0.298 e. The maximum Gasteiger partial charge on any atom is 0.150 e. The molecule has 1 saturated heterocycles. The molecule has 3 nitrogen and oxygen atoms in total. The average molecular weight is 247 g/mol. The lowest BCUT2D eigenvalue weighted by atomic mass is 9.94. The van der Waals surface area contributed by atoms with E-state index in [-0.39, 0.29) is 11.3 Å². The van der Waals surface area contributed by atoms with Crippen molar-refractivity contribution in [3.8, 4) is 0 Å². The number of piperidine rings is 1. The molecule has 0 amide bonds. The zero-order valence-corrected chi connectivity index (χ0v) is 11.8. The summed E-state index contributed by atoms with van der Waals surface area (Å²) < 4.78 is 23.1. The third-order valence-electron chi connectivity index (χ3n) is 3.49. The van der Waals surface area contributed by atoms with Crippen LogP contribution in [0.3, 0.4) is 0 Å². The molecule has 0 aromatic carbocycles. The van der Waals surface area contributed by atoms with Gasteiger partial charge in [-0.15, -0.1) is 0 Å². The molecule has 1 aliphatic rings. The van der Waals surface area contributed by atoms with E-state index >= 15 is 0 Å². The smallest absolute Gasteiger partial charge is 0.150 e. The summed E-state index contributed by atoms with van der Waals surface area (Å²) >= 11 is 0. The normalized spacial score (nSPS) is 21.2. The Hall–Kier alpha value is -0.0900. The Balaban J connectivity index is 2.44. The summed E-state index contributed by atoms with van der Waals surface area (Å²) in [5.74, 6) is 1.05. The Bertz CT molecular complexity index is 308. The van der Waals surface area contributed by atoms with Gasteiger partial charge in [0.25, 0.3) is 0 Å². The second-order valence-corrected chi connectivity index (χ2v) is 8.20. The monoisotopic (exact) mass is 247 g/mol. The first-order chi connectivity index (χ1) is 7.24. The van der Waals surface area contributed by atoms with Gasteiger partial charge in [-0.25, -0.2) is 8.42 Å². The van der Waals surface area contributed by atoms with Crippen LogP contribution in [0, 0.1) is 5.92 Å². The van der Waals surface area contributed by atoms with Crippen molar-refractivity contribution in [2.45, 2.75) is 46.1 Å². The fourth-order valence-corrected chi connectivity index (χ4v) is 3.53. The number of hydrogen-bond acceptors (Lipinski definition) is 3. The number of hydrogen-bond donors (Lipinski definition) is 0. The molecule has 1 heterocycles. The van der Waals surface area contributed by atoms with Crippen molar-refractivity contribution in [2.75, 3.05) is 24.6 Å². The summed E-state index contributed by atoms with van der Waals surface area (Å²) in [6.07, 6.45) is 2.05. The highest BCUT2D eigenvalue weighted by atomic mass is 32.2. The lowest BCUT2D eigenvalue weighted by Gasteiger charge is -2.40. The van der Waals surface area contributed by atoms with E-state index in [9.17, 15) is 8.42 Å². The summed E-state index contributed by atoms with van der Waals surface area (Å²) in [4.78, 5) is 2.45. The molecule has 0 unspecified atom stereocenters. The molecule has 0 atom stereocenters. The summed E-state index contributed by atoms with van der Waals surface area (Å²) in [6, 6.07) is 0. The second-order valence-electron chi connectivity index (χ2n) is 5.80. The molecular formula is C12H25NO2S.